The Hall–Kier alpha value is -0.270. The summed E-state index contributed by atoms with van der Waals surface area (Å²) < 4.78 is 13.7. The molecule has 1 aromatic carbocycles. The van der Waals surface area contributed by atoms with Gasteiger partial charge < -0.3 is 0 Å². The third-order valence-corrected chi connectivity index (χ3v) is 4.17. The molecule has 3 unspecified atom stereocenters. The zero-order valence-electron chi connectivity index (χ0n) is 8.51. The maximum Gasteiger partial charge on any atom is 0.128 e. The first-order valence-corrected chi connectivity index (χ1v) is 6.00. The van der Waals surface area contributed by atoms with Crippen LogP contribution in [0.5, 0.6) is 0 Å². The van der Waals surface area contributed by atoms with E-state index in [1.54, 1.807) is 12.1 Å². The largest absolute Gasteiger partial charge is 0.207 e. The monoisotopic (exact) mass is 246 g/mol. The van der Waals surface area contributed by atoms with E-state index in [0.29, 0.717) is 10.9 Å². The van der Waals surface area contributed by atoms with Gasteiger partial charge in [0.1, 0.15) is 5.82 Å². The Morgan fingerprint density at radius 1 is 1.33 bits per heavy atom. The fraction of sp³-hybridized carbons (Fsp3) is 0.500. The molecule has 1 saturated carbocycles. The van der Waals surface area contributed by atoms with Crippen molar-refractivity contribution in [2.45, 2.75) is 31.1 Å². The molecule has 0 nitrogen and oxygen atoms in total. The molecule has 0 saturated heterocycles. The van der Waals surface area contributed by atoms with E-state index >= 15 is 0 Å². The zero-order chi connectivity index (χ0) is 11.0. The minimum absolute atomic E-state index is 0.171. The molecule has 3 atom stereocenters. The maximum absolute atomic E-state index is 13.7. The summed E-state index contributed by atoms with van der Waals surface area (Å²) in [6, 6.07) is 4.91. The van der Waals surface area contributed by atoms with Gasteiger partial charge in [-0.3, -0.25) is 0 Å². The van der Waals surface area contributed by atoms with Gasteiger partial charge in [0.15, 0.2) is 0 Å². The summed E-state index contributed by atoms with van der Waals surface area (Å²) in [5.41, 5.74) is 0.759. The SMILES string of the molecule is CC1C(Cl)CCC1c1ccc(Cl)cc1F. The van der Waals surface area contributed by atoms with E-state index in [-0.39, 0.29) is 17.1 Å². The van der Waals surface area contributed by atoms with Gasteiger partial charge >= 0.3 is 0 Å². The molecule has 82 valence electrons. The number of benzene rings is 1. The molecule has 3 heteroatoms. The number of rotatable bonds is 1. The normalized spacial score (nSPS) is 30.8. The lowest BCUT2D eigenvalue weighted by Crippen LogP contribution is -2.10. The van der Waals surface area contributed by atoms with Crippen molar-refractivity contribution in [2.24, 2.45) is 5.92 Å². The average molecular weight is 247 g/mol. The van der Waals surface area contributed by atoms with Crippen molar-refractivity contribution >= 4 is 23.2 Å². The van der Waals surface area contributed by atoms with Crippen molar-refractivity contribution in [2.75, 3.05) is 0 Å². The van der Waals surface area contributed by atoms with E-state index in [0.717, 1.165) is 18.4 Å². The van der Waals surface area contributed by atoms with Gasteiger partial charge in [0.05, 0.1) is 0 Å². The highest BCUT2D eigenvalue weighted by molar-refractivity contribution is 6.30. The van der Waals surface area contributed by atoms with Crippen LogP contribution in [0.15, 0.2) is 18.2 Å². The molecule has 1 aliphatic carbocycles. The lowest BCUT2D eigenvalue weighted by Gasteiger charge is -2.18. The van der Waals surface area contributed by atoms with Gasteiger partial charge in [0.25, 0.3) is 0 Å². The minimum Gasteiger partial charge on any atom is -0.207 e. The topological polar surface area (TPSA) is 0 Å². The fourth-order valence-corrected chi connectivity index (χ4v) is 2.82. The van der Waals surface area contributed by atoms with Crippen molar-refractivity contribution in [1.82, 2.24) is 0 Å². The van der Waals surface area contributed by atoms with Crippen LogP contribution in [0.3, 0.4) is 0 Å². The quantitative estimate of drug-likeness (QED) is 0.636. The van der Waals surface area contributed by atoms with Crippen LogP contribution in [0.1, 0.15) is 31.2 Å². The summed E-state index contributed by atoms with van der Waals surface area (Å²) in [7, 11) is 0. The number of halogens is 3. The van der Waals surface area contributed by atoms with Crippen LogP contribution in [-0.4, -0.2) is 5.38 Å². The van der Waals surface area contributed by atoms with Gasteiger partial charge in [0, 0.05) is 10.4 Å². The first kappa shape index (κ1) is 11.2. The molecule has 0 amide bonds. The molecule has 0 heterocycles. The van der Waals surface area contributed by atoms with E-state index in [2.05, 4.69) is 6.92 Å². The third-order valence-electron chi connectivity index (χ3n) is 3.32. The number of alkyl halides is 1. The molecule has 0 radical (unpaired) electrons. The van der Waals surface area contributed by atoms with Crippen LogP contribution in [0.25, 0.3) is 0 Å². The zero-order valence-corrected chi connectivity index (χ0v) is 10.0. The summed E-state index contributed by atoms with van der Waals surface area (Å²) in [6.45, 7) is 2.09. The summed E-state index contributed by atoms with van der Waals surface area (Å²) >= 11 is 11.9. The van der Waals surface area contributed by atoms with Crippen LogP contribution >= 0.6 is 23.2 Å². The highest BCUT2D eigenvalue weighted by Gasteiger charge is 2.33. The molecule has 0 aliphatic heterocycles. The fourth-order valence-electron chi connectivity index (χ4n) is 2.36. The first-order valence-electron chi connectivity index (χ1n) is 5.18. The third kappa shape index (κ3) is 2.14. The Balaban J connectivity index is 2.30. The predicted octanol–water partition coefficient (Wildman–Crippen LogP) is 4.60. The molecule has 0 bridgehead atoms. The molecule has 15 heavy (non-hydrogen) atoms. The van der Waals surface area contributed by atoms with E-state index in [4.69, 9.17) is 23.2 Å². The summed E-state index contributed by atoms with van der Waals surface area (Å²) in [5.74, 6) is 0.372. The van der Waals surface area contributed by atoms with E-state index in [9.17, 15) is 4.39 Å². The Labute approximate surface area is 99.4 Å². The highest BCUT2D eigenvalue weighted by Crippen LogP contribution is 2.43. The van der Waals surface area contributed by atoms with Gasteiger partial charge in [0.2, 0.25) is 0 Å². The van der Waals surface area contributed by atoms with Crippen molar-refractivity contribution in [3.63, 3.8) is 0 Å². The van der Waals surface area contributed by atoms with E-state index in [1.165, 1.54) is 6.07 Å². The van der Waals surface area contributed by atoms with Crippen LogP contribution in [0, 0.1) is 11.7 Å². The van der Waals surface area contributed by atoms with Crippen molar-refractivity contribution in [3.05, 3.63) is 34.6 Å². The summed E-state index contributed by atoms with van der Waals surface area (Å²) in [4.78, 5) is 0. The van der Waals surface area contributed by atoms with Gasteiger partial charge in [-0.1, -0.05) is 24.6 Å². The van der Waals surface area contributed by atoms with Gasteiger partial charge in [-0.25, -0.2) is 4.39 Å². The molecule has 1 aromatic rings. The molecule has 1 fully saturated rings. The smallest absolute Gasteiger partial charge is 0.128 e. The van der Waals surface area contributed by atoms with Gasteiger partial charge in [-0.15, -0.1) is 11.6 Å². The first-order chi connectivity index (χ1) is 7.09. The highest BCUT2D eigenvalue weighted by atomic mass is 35.5. The molecule has 2 rings (SSSR count). The molecular formula is C12H13Cl2F. The van der Waals surface area contributed by atoms with Crippen LogP contribution in [0.4, 0.5) is 4.39 Å². The van der Waals surface area contributed by atoms with Crippen molar-refractivity contribution in [1.29, 1.82) is 0 Å². The molecule has 0 spiro atoms. The average Bonchev–Trinajstić information content (AvgIpc) is 2.49. The predicted molar refractivity (Wildman–Crippen MR) is 62.2 cm³/mol. The second kappa shape index (κ2) is 4.31. The maximum atomic E-state index is 13.7. The van der Waals surface area contributed by atoms with Crippen molar-refractivity contribution < 1.29 is 4.39 Å². The van der Waals surface area contributed by atoms with E-state index in [1.807, 2.05) is 0 Å². The second-order valence-electron chi connectivity index (χ2n) is 4.22. The number of hydrogen-bond acceptors (Lipinski definition) is 0. The Morgan fingerprint density at radius 2 is 2.07 bits per heavy atom. The second-order valence-corrected chi connectivity index (χ2v) is 5.22. The molecule has 0 aromatic heterocycles. The van der Waals surface area contributed by atoms with Gasteiger partial charge in [-0.05, 0) is 42.4 Å². The van der Waals surface area contributed by atoms with Crippen LogP contribution < -0.4 is 0 Å². The molecule has 0 N–H and O–H groups in total. The lowest BCUT2D eigenvalue weighted by atomic mass is 9.90. The number of hydrogen-bond donors (Lipinski definition) is 0. The Morgan fingerprint density at radius 3 is 2.60 bits per heavy atom. The lowest BCUT2D eigenvalue weighted by molar-refractivity contribution is 0.504. The van der Waals surface area contributed by atoms with Crippen molar-refractivity contribution in [3.8, 4) is 0 Å². The Kier molecular flexibility index (Phi) is 3.22. The van der Waals surface area contributed by atoms with Crippen LogP contribution in [-0.2, 0) is 0 Å². The summed E-state index contributed by atoms with van der Waals surface area (Å²) in [5, 5.41) is 0.620. The van der Waals surface area contributed by atoms with E-state index < -0.39 is 0 Å². The Bertz CT molecular complexity index is 365. The summed E-state index contributed by atoms with van der Waals surface area (Å²) in [6.07, 6.45) is 1.93. The standard InChI is InChI=1S/C12H13Cl2F/c1-7-9(4-5-11(7)14)10-3-2-8(13)6-12(10)15/h2-3,6-7,9,11H,4-5H2,1H3. The van der Waals surface area contributed by atoms with Crippen LogP contribution in [0.2, 0.25) is 5.02 Å². The molecule has 1 aliphatic rings. The van der Waals surface area contributed by atoms with Gasteiger partial charge in [-0.2, -0.15) is 0 Å². The molecular weight excluding hydrogens is 234 g/mol. The minimum atomic E-state index is -0.204.